The molecule has 0 fully saturated rings. The van der Waals surface area contributed by atoms with Gasteiger partial charge in [-0.25, -0.2) is 0 Å². The van der Waals surface area contributed by atoms with E-state index < -0.39 is 0 Å². The molecule has 0 heterocycles. The molecule has 2 aromatic rings. The fourth-order valence-electron chi connectivity index (χ4n) is 1.78. The van der Waals surface area contributed by atoms with Crippen molar-refractivity contribution in [2.24, 2.45) is 0 Å². The summed E-state index contributed by atoms with van der Waals surface area (Å²) >= 11 is 12.0. The summed E-state index contributed by atoms with van der Waals surface area (Å²) in [6, 6.07) is 16.0. The lowest BCUT2D eigenvalue weighted by Crippen LogP contribution is -2.06. The Morgan fingerprint density at radius 3 is 2.63 bits per heavy atom. The number of rotatable bonds is 5. The molecule has 0 aliphatic heterocycles. The standard InChI is InChI=1S/C15H13BrClIO/c16-12-5-3-4-11(8-12)10-19-15(9-18)13-6-1-2-7-14(13)17/h1-8,15H,9-10H2. The molecular weight excluding hydrogens is 438 g/mol. The highest BCUT2D eigenvalue weighted by atomic mass is 127. The molecule has 4 heteroatoms. The molecule has 0 spiro atoms. The van der Waals surface area contributed by atoms with Gasteiger partial charge in [0.2, 0.25) is 0 Å². The Morgan fingerprint density at radius 2 is 1.95 bits per heavy atom. The second-order valence-corrected chi connectivity index (χ2v) is 6.31. The van der Waals surface area contributed by atoms with Gasteiger partial charge in [0, 0.05) is 19.5 Å². The molecule has 1 nitrogen and oxygen atoms in total. The predicted octanol–water partition coefficient (Wildman–Crippen LogP) is 5.80. The fourth-order valence-corrected chi connectivity index (χ4v) is 3.21. The number of hydrogen-bond donors (Lipinski definition) is 0. The van der Waals surface area contributed by atoms with Crippen LogP contribution in [0.25, 0.3) is 0 Å². The van der Waals surface area contributed by atoms with Crippen LogP contribution in [-0.2, 0) is 11.3 Å². The van der Waals surface area contributed by atoms with Gasteiger partial charge in [-0.1, -0.05) is 80.5 Å². The van der Waals surface area contributed by atoms with E-state index in [-0.39, 0.29) is 6.10 Å². The van der Waals surface area contributed by atoms with E-state index in [4.69, 9.17) is 16.3 Å². The SMILES string of the molecule is Clc1ccccc1C(CI)OCc1cccc(Br)c1. The maximum absolute atomic E-state index is 6.21. The highest BCUT2D eigenvalue weighted by Crippen LogP contribution is 2.28. The van der Waals surface area contributed by atoms with E-state index in [0.717, 1.165) is 25.0 Å². The van der Waals surface area contributed by atoms with Crippen LogP contribution in [0.4, 0.5) is 0 Å². The summed E-state index contributed by atoms with van der Waals surface area (Å²) in [5.74, 6) is 0. The number of ether oxygens (including phenoxy) is 1. The molecule has 0 saturated carbocycles. The third kappa shape index (κ3) is 4.45. The third-order valence-electron chi connectivity index (χ3n) is 2.73. The van der Waals surface area contributed by atoms with Crippen LogP contribution in [0.5, 0.6) is 0 Å². The van der Waals surface area contributed by atoms with Crippen molar-refractivity contribution in [3.05, 3.63) is 69.2 Å². The summed E-state index contributed by atoms with van der Waals surface area (Å²) in [6.07, 6.45) is 0.0216. The van der Waals surface area contributed by atoms with E-state index in [2.05, 4.69) is 50.7 Å². The summed E-state index contributed by atoms with van der Waals surface area (Å²) < 4.78 is 7.92. The lowest BCUT2D eigenvalue weighted by Gasteiger charge is -2.17. The van der Waals surface area contributed by atoms with Gasteiger partial charge in [-0.3, -0.25) is 0 Å². The summed E-state index contributed by atoms with van der Waals surface area (Å²) in [5, 5.41) is 0.762. The molecule has 0 bridgehead atoms. The third-order valence-corrected chi connectivity index (χ3v) is 4.37. The van der Waals surface area contributed by atoms with E-state index in [9.17, 15) is 0 Å². The molecule has 0 aliphatic carbocycles. The Labute approximate surface area is 140 Å². The zero-order valence-electron chi connectivity index (χ0n) is 10.2. The monoisotopic (exact) mass is 450 g/mol. The van der Waals surface area contributed by atoms with Gasteiger partial charge < -0.3 is 4.74 Å². The lowest BCUT2D eigenvalue weighted by molar-refractivity contribution is 0.0577. The van der Waals surface area contributed by atoms with Gasteiger partial charge in [0.05, 0.1) is 12.7 Å². The second kappa shape index (κ2) is 7.62. The Kier molecular flexibility index (Phi) is 6.13. The van der Waals surface area contributed by atoms with Gasteiger partial charge in [-0.05, 0) is 23.8 Å². The molecule has 0 aliphatic rings. The van der Waals surface area contributed by atoms with E-state index >= 15 is 0 Å². The number of alkyl halides is 1. The van der Waals surface area contributed by atoms with Gasteiger partial charge in [0.25, 0.3) is 0 Å². The normalized spacial score (nSPS) is 12.4. The van der Waals surface area contributed by atoms with E-state index in [1.165, 1.54) is 0 Å². The van der Waals surface area contributed by atoms with Gasteiger partial charge in [0.15, 0.2) is 0 Å². The topological polar surface area (TPSA) is 9.23 Å². The summed E-state index contributed by atoms with van der Waals surface area (Å²) in [4.78, 5) is 0. The molecule has 1 atom stereocenters. The summed E-state index contributed by atoms with van der Waals surface area (Å²) in [6.45, 7) is 0.582. The van der Waals surface area contributed by atoms with Gasteiger partial charge >= 0.3 is 0 Å². The molecule has 100 valence electrons. The van der Waals surface area contributed by atoms with Crippen LogP contribution >= 0.6 is 50.1 Å². The Hall–Kier alpha value is -0.100. The minimum absolute atomic E-state index is 0.0216. The highest BCUT2D eigenvalue weighted by molar-refractivity contribution is 14.1. The Balaban J connectivity index is 2.06. The maximum Gasteiger partial charge on any atom is 0.0933 e. The molecule has 0 amide bonds. The van der Waals surface area contributed by atoms with Gasteiger partial charge in [0.1, 0.15) is 0 Å². The molecule has 2 rings (SSSR count). The molecule has 0 N–H and O–H groups in total. The smallest absolute Gasteiger partial charge is 0.0933 e. The predicted molar refractivity (Wildman–Crippen MR) is 92.0 cm³/mol. The van der Waals surface area contributed by atoms with Gasteiger partial charge in [-0.15, -0.1) is 0 Å². The first kappa shape index (κ1) is 15.3. The number of benzene rings is 2. The Bertz CT molecular complexity index is 547. The van der Waals surface area contributed by atoms with Crippen LogP contribution in [-0.4, -0.2) is 4.43 Å². The fraction of sp³-hybridized carbons (Fsp3) is 0.200. The Morgan fingerprint density at radius 1 is 1.16 bits per heavy atom. The maximum atomic E-state index is 6.21. The quantitative estimate of drug-likeness (QED) is 0.413. The van der Waals surface area contributed by atoms with Crippen molar-refractivity contribution in [2.45, 2.75) is 12.7 Å². The molecule has 0 radical (unpaired) electrons. The minimum atomic E-state index is 0.0216. The molecule has 19 heavy (non-hydrogen) atoms. The van der Waals surface area contributed by atoms with Crippen LogP contribution < -0.4 is 0 Å². The zero-order chi connectivity index (χ0) is 13.7. The van der Waals surface area contributed by atoms with Crippen molar-refractivity contribution >= 4 is 50.1 Å². The van der Waals surface area contributed by atoms with Crippen molar-refractivity contribution in [3.63, 3.8) is 0 Å². The van der Waals surface area contributed by atoms with Crippen LogP contribution in [0, 0.1) is 0 Å². The molecular formula is C15H13BrClIO. The van der Waals surface area contributed by atoms with Crippen molar-refractivity contribution < 1.29 is 4.74 Å². The van der Waals surface area contributed by atoms with Crippen LogP contribution in [0.15, 0.2) is 53.0 Å². The molecule has 2 aromatic carbocycles. The van der Waals surface area contributed by atoms with E-state index in [1.807, 2.05) is 36.4 Å². The lowest BCUT2D eigenvalue weighted by atomic mass is 10.1. The number of hydrogen-bond acceptors (Lipinski definition) is 1. The summed E-state index contributed by atoms with van der Waals surface area (Å²) in [5.41, 5.74) is 2.20. The van der Waals surface area contributed by atoms with E-state index in [1.54, 1.807) is 0 Å². The second-order valence-electron chi connectivity index (χ2n) is 4.11. The van der Waals surface area contributed by atoms with Crippen molar-refractivity contribution in [2.75, 3.05) is 4.43 Å². The molecule has 0 saturated heterocycles. The van der Waals surface area contributed by atoms with E-state index in [0.29, 0.717) is 6.61 Å². The van der Waals surface area contributed by atoms with Gasteiger partial charge in [-0.2, -0.15) is 0 Å². The first-order valence-electron chi connectivity index (χ1n) is 5.87. The van der Waals surface area contributed by atoms with Crippen molar-refractivity contribution in [1.29, 1.82) is 0 Å². The number of halogens is 3. The molecule has 0 aromatic heterocycles. The van der Waals surface area contributed by atoms with Crippen LogP contribution in [0.2, 0.25) is 5.02 Å². The molecule has 1 unspecified atom stereocenters. The largest absolute Gasteiger partial charge is 0.368 e. The van der Waals surface area contributed by atoms with Crippen molar-refractivity contribution in [3.8, 4) is 0 Å². The average Bonchev–Trinajstić information content (AvgIpc) is 2.41. The first-order chi connectivity index (χ1) is 9.20. The summed E-state index contributed by atoms with van der Waals surface area (Å²) in [7, 11) is 0. The van der Waals surface area contributed by atoms with Crippen molar-refractivity contribution in [1.82, 2.24) is 0 Å². The van der Waals surface area contributed by atoms with Crippen LogP contribution in [0.1, 0.15) is 17.2 Å². The first-order valence-corrected chi connectivity index (χ1v) is 8.57. The average molecular weight is 452 g/mol. The van der Waals surface area contributed by atoms with Crippen LogP contribution in [0.3, 0.4) is 0 Å². The highest BCUT2D eigenvalue weighted by Gasteiger charge is 2.13. The minimum Gasteiger partial charge on any atom is -0.368 e. The zero-order valence-corrected chi connectivity index (χ0v) is 14.7.